The first kappa shape index (κ1) is 16.3. The quantitative estimate of drug-likeness (QED) is 0.868. The first-order chi connectivity index (χ1) is 9.40. The zero-order chi connectivity index (χ0) is 15.3. The number of nitrogens with zero attached hydrogens (tertiary/aromatic N) is 2. The summed E-state index contributed by atoms with van der Waals surface area (Å²) >= 11 is 0. The Hall–Kier alpha value is -1.71. The van der Waals surface area contributed by atoms with Crippen LogP contribution >= 0.6 is 0 Å². The van der Waals surface area contributed by atoms with Crippen molar-refractivity contribution in [3.05, 3.63) is 23.8 Å². The van der Waals surface area contributed by atoms with Gasteiger partial charge in [0.25, 0.3) is 0 Å². The van der Waals surface area contributed by atoms with Gasteiger partial charge in [-0.3, -0.25) is 4.79 Å². The van der Waals surface area contributed by atoms with Gasteiger partial charge in [-0.2, -0.15) is 0 Å². The second kappa shape index (κ2) is 7.17. The number of amides is 1. The van der Waals surface area contributed by atoms with Gasteiger partial charge in [0, 0.05) is 38.6 Å². The maximum Gasteiger partial charge on any atom is 0.244 e. The predicted molar refractivity (Wildman–Crippen MR) is 86.5 cm³/mol. The van der Waals surface area contributed by atoms with Crippen LogP contribution in [0.4, 0.5) is 11.4 Å². The van der Waals surface area contributed by atoms with E-state index >= 15 is 0 Å². The van der Waals surface area contributed by atoms with Crippen LogP contribution in [0.2, 0.25) is 0 Å². The lowest BCUT2D eigenvalue weighted by Crippen LogP contribution is -2.41. The highest BCUT2D eigenvalue weighted by molar-refractivity contribution is 5.84. The maximum absolute atomic E-state index is 12.2. The Balaban J connectivity index is 2.83. The molecule has 1 atom stereocenters. The van der Waals surface area contributed by atoms with E-state index in [1.165, 1.54) is 5.56 Å². The van der Waals surface area contributed by atoms with E-state index in [-0.39, 0.29) is 11.9 Å². The number of carbonyl (C=O) groups excluding carboxylic acids is 1. The van der Waals surface area contributed by atoms with Crippen molar-refractivity contribution in [1.29, 1.82) is 0 Å². The summed E-state index contributed by atoms with van der Waals surface area (Å²) < 4.78 is 0. The molecule has 1 aromatic rings. The van der Waals surface area contributed by atoms with E-state index in [9.17, 15) is 4.79 Å². The number of nitrogens with one attached hydrogen (secondary N) is 1. The third kappa shape index (κ3) is 3.89. The topological polar surface area (TPSA) is 35.6 Å². The predicted octanol–water partition coefficient (Wildman–Crippen LogP) is 2.73. The molecule has 0 saturated heterocycles. The van der Waals surface area contributed by atoms with E-state index in [1.807, 2.05) is 45.8 Å². The number of aryl methyl sites for hydroxylation is 1. The average Bonchev–Trinajstić information content (AvgIpc) is 2.41. The number of hydrogen-bond acceptors (Lipinski definition) is 3. The van der Waals surface area contributed by atoms with Crippen molar-refractivity contribution < 1.29 is 4.79 Å². The largest absolute Gasteiger partial charge is 0.377 e. The van der Waals surface area contributed by atoms with Crippen LogP contribution < -0.4 is 10.2 Å². The van der Waals surface area contributed by atoms with Gasteiger partial charge >= 0.3 is 0 Å². The fourth-order valence-corrected chi connectivity index (χ4v) is 2.30. The molecule has 0 spiro atoms. The van der Waals surface area contributed by atoms with Crippen LogP contribution in [0.5, 0.6) is 0 Å². The van der Waals surface area contributed by atoms with Crippen molar-refractivity contribution in [2.45, 2.75) is 33.7 Å². The lowest BCUT2D eigenvalue weighted by atomic mass is 10.1. The fraction of sp³-hybridized carbons (Fsp3) is 0.562. The molecule has 112 valence electrons. The summed E-state index contributed by atoms with van der Waals surface area (Å²) in [4.78, 5) is 16.2. The molecular formula is C16H27N3O. The van der Waals surface area contributed by atoms with Crippen molar-refractivity contribution >= 4 is 17.3 Å². The van der Waals surface area contributed by atoms with E-state index in [0.717, 1.165) is 24.5 Å². The Morgan fingerprint density at radius 1 is 1.25 bits per heavy atom. The zero-order valence-electron chi connectivity index (χ0n) is 13.5. The molecule has 1 unspecified atom stereocenters. The molecule has 0 heterocycles. The highest BCUT2D eigenvalue weighted by Gasteiger charge is 2.18. The van der Waals surface area contributed by atoms with Gasteiger partial charge in [0.2, 0.25) is 5.91 Å². The third-order valence-electron chi connectivity index (χ3n) is 3.52. The number of rotatable bonds is 6. The molecule has 1 aromatic carbocycles. The molecule has 0 radical (unpaired) electrons. The Bertz CT molecular complexity index is 453. The van der Waals surface area contributed by atoms with Crippen LogP contribution in [-0.4, -0.2) is 44.0 Å². The molecule has 20 heavy (non-hydrogen) atoms. The summed E-state index contributed by atoms with van der Waals surface area (Å²) in [6.07, 6.45) is 0. The van der Waals surface area contributed by atoms with Gasteiger partial charge < -0.3 is 15.1 Å². The summed E-state index contributed by atoms with van der Waals surface area (Å²) in [5, 5.41) is 3.30. The normalized spacial score (nSPS) is 11.9. The van der Waals surface area contributed by atoms with Gasteiger partial charge in [-0.05, 0) is 45.4 Å². The molecule has 0 saturated carbocycles. The van der Waals surface area contributed by atoms with E-state index in [0.29, 0.717) is 0 Å². The van der Waals surface area contributed by atoms with Crippen molar-refractivity contribution in [3.8, 4) is 0 Å². The monoisotopic (exact) mass is 277 g/mol. The number of likely N-dealkylation sites (N-methyl/N-ethyl adjacent to an activating group) is 1. The molecule has 1 rings (SSSR count). The summed E-state index contributed by atoms with van der Waals surface area (Å²) in [5.74, 6) is 0.141. The standard InChI is InChI=1S/C16H27N3O/c1-7-19(8-2)16(20)13(4)17-14-10-9-12(3)15(11-14)18(5)6/h9-11,13,17H,7-8H2,1-6H3. The van der Waals surface area contributed by atoms with Gasteiger partial charge in [0.05, 0.1) is 0 Å². The summed E-state index contributed by atoms with van der Waals surface area (Å²) in [7, 11) is 4.05. The van der Waals surface area contributed by atoms with E-state index in [2.05, 4.69) is 29.3 Å². The lowest BCUT2D eigenvalue weighted by Gasteiger charge is -2.25. The average molecular weight is 277 g/mol. The van der Waals surface area contributed by atoms with E-state index < -0.39 is 0 Å². The minimum atomic E-state index is -0.215. The second-order valence-corrected chi connectivity index (χ2v) is 5.27. The van der Waals surface area contributed by atoms with Crippen LogP contribution in [0.1, 0.15) is 26.3 Å². The Kier molecular flexibility index (Phi) is 5.86. The molecule has 0 bridgehead atoms. The van der Waals surface area contributed by atoms with Crippen molar-refractivity contribution in [2.24, 2.45) is 0 Å². The minimum absolute atomic E-state index is 0.141. The van der Waals surface area contributed by atoms with Gasteiger partial charge in [0.15, 0.2) is 0 Å². The van der Waals surface area contributed by atoms with Gasteiger partial charge in [-0.1, -0.05) is 6.07 Å². The molecule has 4 nitrogen and oxygen atoms in total. The van der Waals surface area contributed by atoms with E-state index in [1.54, 1.807) is 0 Å². The maximum atomic E-state index is 12.2. The molecule has 0 aromatic heterocycles. The molecule has 1 amide bonds. The first-order valence-electron chi connectivity index (χ1n) is 7.24. The SMILES string of the molecule is CCN(CC)C(=O)C(C)Nc1ccc(C)c(N(C)C)c1. The Labute approximate surface area is 122 Å². The highest BCUT2D eigenvalue weighted by atomic mass is 16.2. The van der Waals surface area contributed by atoms with Crippen molar-refractivity contribution in [2.75, 3.05) is 37.4 Å². The van der Waals surface area contributed by atoms with Gasteiger partial charge in [-0.25, -0.2) is 0 Å². The first-order valence-corrected chi connectivity index (χ1v) is 7.24. The van der Waals surface area contributed by atoms with Crippen LogP contribution in [0.15, 0.2) is 18.2 Å². The fourth-order valence-electron chi connectivity index (χ4n) is 2.30. The number of carbonyl (C=O) groups is 1. The Morgan fingerprint density at radius 3 is 2.35 bits per heavy atom. The van der Waals surface area contributed by atoms with Crippen molar-refractivity contribution in [3.63, 3.8) is 0 Å². The molecule has 0 fully saturated rings. The molecule has 0 aliphatic heterocycles. The number of anilines is 2. The second-order valence-electron chi connectivity index (χ2n) is 5.27. The highest BCUT2D eigenvalue weighted by Crippen LogP contribution is 2.23. The number of hydrogen-bond donors (Lipinski definition) is 1. The molecule has 1 N–H and O–H groups in total. The van der Waals surface area contributed by atoms with E-state index in [4.69, 9.17) is 0 Å². The van der Waals surface area contributed by atoms with Crippen LogP contribution in [-0.2, 0) is 4.79 Å². The summed E-state index contributed by atoms with van der Waals surface area (Å²) in [6.45, 7) is 9.50. The third-order valence-corrected chi connectivity index (χ3v) is 3.52. The lowest BCUT2D eigenvalue weighted by molar-refractivity contribution is -0.131. The molecule has 4 heteroatoms. The van der Waals surface area contributed by atoms with Crippen molar-refractivity contribution in [1.82, 2.24) is 4.90 Å². The Morgan fingerprint density at radius 2 is 1.85 bits per heavy atom. The van der Waals surface area contributed by atoms with Crippen LogP contribution in [0.3, 0.4) is 0 Å². The van der Waals surface area contributed by atoms with Gasteiger partial charge in [-0.15, -0.1) is 0 Å². The zero-order valence-corrected chi connectivity index (χ0v) is 13.5. The van der Waals surface area contributed by atoms with Gasteiger partial charge in [0.1, 0.15) is 6.04 Å². The summed E-state index contributed by atoms with van der Waals surface area (Å²) in [5.41, 5.74) is 3.37. The minimum Gasteiger partial charge on any atom is -0.377 e. The number of benzene rings is 1. The summed E-state index contributed by atoms with van der Waals surface area (Å²) in [6, 6.07) is 5.97. The molecule has 0 aliphatic rings. The van der Waals surface area contributed by atoms with Crippen LogP contribution in [0, 0.1) is 6.92 Å². The smallest absolute Gasteiger partial charge is 0.244 e. The molecular weight excluding hydrogens is 250 g/mol. The van der Waals surface area contributed by atoms with Crippen LogP contribution in [0.25, 0.3) is 0 Å². The molecule has 0 aliphatic carbocycles.